The van der Waals surface area contributed by atoms with Crippen molar-refractivity contribution in [3.05, 3.63) is 0 Å². The van der Waals surface area contributed by atoms with E-state index < -0.39 is 0 Å². The minimum absolute atomic E-state index is 0.0284. The predicted molar refractivity (Wildman–Crippen MR) is 87.1 cm³/mol. The van der Waals surface area contributed by atoms with Crippen molar-refractivity contribution in [2.45, 2.75) is 66.5 Å². The molecule has 2 N–H and O–H groups in total. The lowest BCUT2D eigenvalue weighted by atomic mass is 9.80. The molecular weight excluding hydrogens is 264 g/mol. The van der Waals surface area contributed by atoms with Crippen molar-refractivity contribution >= 4 is 5.91 Å². The molecule has 4 nitrogen and oxygen atoms in total. The molecule has 124 valence electrons. The molecule has 0 aromatic heterocycles. The van der Waals surface area contributed by atoms with Crippen molar-refractivity contribution < 1.29 is 9.90 Å². The summed E-state index contributed by atoms with van der Waals surface area (Å²) in [6, 6.07) is 0.214. The Morgan fingerprint density at radius 2 is 1.95 bits per heavy atom. The molecule has 21 heavy (non-hydrogen) atoms. The number of piperidine rings is 1. The molecule has 0 aromatic rings. The van der Waals surface area contributed by atoms with E-state index in [-0.39, 0.29) is 29.4 Å². The van der Waals surface area contributed by atoms with E-state index in [1.807, 2.05) is 13.8 Å². The van der Waals surface area contributed by atoms with Crippen LogP contribution in [0.1, 0.15) is 54.4 Å². The van der Waals surface area contributed by atoms with E-state index in [1.165, 1.54) is 0 Å². The molecule has 0 bridgehead atoms. The van der Waals surface area contributed by atoms with Gasteiger partial charge in [-0.15, -0.1) is 0 Å². The zero-order valence-corrected chi connectivity index (χ0v) is 14.6. The van der Waals surface area contributed by atoms with Crippen LogP contribution < -0.4 is 5.32 Å². The second-order valence-corrected chi connectivity index (χ2v) is 7.93. The van der Waals surface area contributed by atoms with Gasteiger partial charge in [-0.25, -0.2) is 0 Å². The lowest BCUT2D eigenvalue weighted by Crippen LogP contribution is -2.52. The average Bonchev–Trinajstić information content (AvgIpc) is 2.36. The van der Waals surface area contributed by atoms with E-state index in [9.17, 15) is 9.90 Å². The highest BCUT2D eigenvalue weighted by Gasteiger charge is 2.32. The van der Waals surface area contributed by atoms with Gasteiger partial charge < -0.3 is 15.3 Å². The molecule has 1 aliphatic heterocycles. The summed E-state index contributed by atoms with van der Waals surface area (Å²) in [5.41, 5.74) is -0.0782. The highest BCUT2D eigenvalue weighted by molar-refractivity contribution is 5.78. The van der Waals surface area contributed by atoms with E-state index in [0.29, 0.717) is 5.92 Å². The highest BCUT2D eigenvalue weighted by atomic mass is 16.3. The van der Waals surface area contributed by atoms with E-state index in [2.05, 4.69) is 37.9 Å². The number of nitrogens with one attached hydrogen (secondary N) is 1. The minimum Gasteiger partial charge on any atom is -0.393 e. The van der Waals surface area contributed by atoms with Gasteiger partial charge in [-0.3, -0.25) is 4.79 Å². The number of amides is 1. The number of carbonyl (C=O) groups excluding carboxylic acids is 1. The smallest absolute Gasteiger partial charge is 0.222 e. The largest absolute Gasteiger partial charge is 0.393 e. The maximum absolute atomic E-state index is 11.9. The molecule has 3 unspecified atom stereocenters. The van der Waals surface area contributed by atoms with Crippen LogP contribution in [0.25, 0.3) is 0 Å². The highest BCUT2D eigenvalue weighted by Crippen LogP contribution is 2.29. The molecule has 0 spiro atoms. The summed E-state index contributed by atoms with van der Waals surface area (Å²) in [5, 5.41) is 13.5. The van der Waals surface area contributed by atoms with Crippen LogP contribution in [0, 0.1) is 17.3 Å². The fraction of sp³-hybridized carbons (Fsp3) is 0.941. The van der Waals surface area contributed by atoms with Crippen LogP contribution in [-0.2, 0) is 4.79 Å². The van der Waals surface area contributed by atoms with E-state index in [4.69, 9.17) is 0 Å². The molecular formula is C17H34N2O2. The van der Waals surface area contributed by atoms with Crippen molar-refractivity contribution in [3.63, 3.8) is 0 Å². The van der Waals surface area contributed by atoms with E-state index in [0.717, 1.165) is 32.5 Å². The number of aliphatic hydroxyl groups is 1. The van der Waals surface area contributed by atoms with Crippen LogP contribution in [0.5, 0.6) is 0 Å². The minimum atomic E-state index is -0.291. The van der Waals surface area contributed by atoms with Crippen LogP contribution in [-0.4, -0.2) is 47.7 Å². The maximum Gasteiger partial charge on any atom is 0.222 e. The summed E-state index contributed by atoms with van der Waals surface area (Å²) in [5.74, 6) is 0.610. The van der Waals surface area contributed by atoms with Gasteiger partial charge in [0.15, 0.2) is 0 Å². The van der Waals surface area contributed by atoms with Gasteiger partial charge in [-0.2, -0.15) is 0 Å². The van der Waals surface area contributed by atoms with Crippen LogP contribution in [0.15, 0.2) is 0 Å². The summed E-state index contributed by atoms with van der Waals surface area (Å²) < 4.78 is 0. The van der Waals surface area contributed by atoms with Gasteiger partial charge in [-0.05, 0) is 30.7 Å². The van der Waals surface area contributed by atoms with Crippen molar-refractivity contribution in [2.75, 3.05) is 19.6 Å². The number of hydrogen-bond donors (Lipinski definition) is 2. The maximum atomic E-state index is 11.9. The molecule has 1 fully saturated rings. The normalized spacial score (nSPS) is 25.9. The molecule has 1 amide bonds. The first kappa shape index (κ1) is 18.4. The Morgan fingerprint density at radius 1 is 1.33 bits per heavy atom. The number of nitrogens with zero attached hydrogens (tertiary/aromatic N) is 1. The molecule has 0 aliphatic carbocycles. The van der Waals surface area contributed by atoms with Crippen molar-refractivity contribution in [2.24, 2.45) is 17.3 Å². The van der Waals surface area contributed by atoms with Crippen molar-refractivity contribution in [1.82, 2.24) is 10.2 Å². The quantitative estimate of drug-likeness (QED) is 0.818. The topological polar surface area (TPSA) is 52.6 Å². The summed E-state index contributed by atoms with van der Waals surface area (Å²) in [6.45, 7) is 15.2. The van der Waals surface area contributed by atoms with E-state index in [1.54, 1.807) is 0 Å². The molecule has 1 saturated heterocycles. The first-order valence-corrected chi connectivity index (χ1v) is 8.34. The van der Waals surface area contributed by atoms with Gasteiger partial charge in [-0.1, -0.05) is 41.5 Å². The molecule has 3 atom stereocenters. The lowest BCUT2D eigenvalue weighted by molar-refractivity contribution is -0.125. The van der Waals surface area contributed by atoms with Gasteiger partial charge in [0.25, 0.3) is 0 Å². The molecule has 4 heteroatoms. The van der Waals surface area contributed by atoms with Crippen LogP contribution in [0.2, 0.25) is 0 Å². The Bertz CT molecular complexity index is 336. The zero-order chi connectivity index (χ0) is 16.2. The van der Waals surface area contributed by atoms with Gasteiger partial charge in [0.05, 0.1) is 6.10 Å². The molecule has 0 saturated carbocycles. The van der Waals surface area contributed by atoms with Gasteiger partial charge in [0, 0.05) is 25.0 Å². The van der Waals surface area contributed by atoms with Crippen LogP contribution >= 0.6 is 0 Å². The summed E-state index contributed by atoms with van der Waals surface area (Å²) in [6.07, 6.45) is 1.50. The van der Waals surface area contributed by atoms with Gasteiger partial charge in [0.2, 0.25) is 5.91 Å². The molecule has 0 aromatic carbocycles. The number of carbonyl (C=O) groups is 1. The standard InChI is InChI=1S/C17H34N2O2/c1-7-19-10-13(9-15(20)17(4,5)6)8-14(11-19)18-16(21)12(2)3/h12-15,20H,7-11H2,1-6H3,(H,18,21). The SMILES string of the molecule is CCN1CC(CC(O)C(C)(C)C)CC(NC(=O)C(C)C)C1. The third kappa shape index (κ3) is 5.95. The second kappa shape index (κ2) is 7.59. The van der Waals surface area contributed by atoms with Crippen LogP contribution in [0.4, 0.5) is 0 Å². The summed E-state index contributed by atoms with van der Waals surface area (Å²) in [7, 11) is 0. The number of likely N-dealkylation sites (N-methyl/N-ethyl adjacent to an activating group) is 1. The average molecular weight is 298 g/mol. The molecule has 0 radical (unpaired) electrons. The molecule has 1 aliphatic rings. The van der Waals surface area contributed by atoms with Crippen molar-refractivity contribution in [1.29, 1.82) is 0 Å². The van der Waals surface area contributed by atoms with E-state index >= 15 is 0 Å². The fourth-order valence-corrected chi connectivity index (χ4v) is 2.87. The van der Waals surface area contributed by atoms with Gasteiger partial charge >= 0.3 is 0 Å². The fourth-order valence-electron chi connectivity index (χ4n) is 2.87. The van der Waals surface area contributed by atoms with Crippen LogP contribution in [0.3, 0.4) is 0 Å². The second-order valence-electron chi connectivity index (χ2n) is 7.93. The number of rotatable bonds is 5. The lowest BCUT2D eigenvalue weighted by Gasteiger charge is -2.40. The predicted octanol–water partition coefficient (Wildman–Crippen LogP) is 2.27. The number of likely N-dealkylation sites (tertiary alicyclic amines) is 1. The monoisotopic (exact) mass is 298 g/mol. The Kier molecular flexibility index (Phi) is 6.67. The summed E-state index contributed by atoms with van der Waals surface area (Å²) in [4.78, 5) is 14.3. The third-order valence-corrected chi connectivity index (χ3v) is 4.49. The van der Waals surface area contributed by atoms with Gasteiger partial charge in [0.1, 0.15) is 0 Å². The zero-order valence-electron chi connectivity index (χ0n) is 14.6. The Hall–Kier alpha value is -0.610. The Balaban J connectivity index is 2.62. The Morgan fingerprint density at radius 3 is 2.43 bits per heavy atom. The van der Waals surface area contributed by atoms with Crippen molar-refractivity contribution in [3.8, 4) is 0 Å². The molecule has 1 heterocycles. The third-order valence-electron chi connectivity index (χ3n) is 4.49. The first-order valence-electron chi connectivity index (χ1n) is 8.34. The number of aliphatic hydroxyl groups excluding tert-OH is 1. The number of hydrogen-bond acceptors (Lipinski definition) is 3. The first-order chi connectivity index (χ1) is 9.63. The Labute approximate surface area is 130 Å². The molecule has 1 rings (SSSR count). The summed E-state index contributed by atoms with van der Waals surface area (Å²) >= 11 is 0.